The fourth-order valence-electron chi connectivity index (χ4n) is 5.09. The standard InChI is InChI=1S/C18H21N5O2/c1-9-13-6-5-12-14(17-20-10(2)22-25-17)23(4)21-16(12)18(13,3)7-11-8-19-24-15(9)11/h8-9,13H,5-7H2,1-4H3/t9-,13-,18-/m0/s1. The highest BCUT2D eigenvalue weighted by atomic mass is 16.5. The lowest BCUT2D eigenvalue weighted by Crippen LogP contribution is -2.44. The first-order valence-corrected chi connectivity index (χ1v) is 8.79. The van der Waals surface area contributed by atoms with E-state index in [2.05, 4.69) is 29.1 Å². The first kappa shape index (κ1) is 14.9. The first-order chi connectivity index (χ1) is 12.0. The number of hydrogen-bond donors (Lipinski definition) is 0. The quantitative estimate of drug-likeness (QED) is 0.678. The highest BCUT2D eigenvalue weighted by Gasteiger charge is 2.51. The van der Waals surface area contributed by atoms with Gasteiger partial charge in [0.2, 0.25) is 0 Å². The molecule has 3 atom stereocenters. The molecule has 0 N–H and O–H groups in total. The summed E-state index contributed by atoms with van der Waals surface area (Å²) in [5.74, 6) is 3.10. The topological polar surface area (TPSA) is 82.8 Å². The summed E-state index contributed by atoms with van der Waals surface area (Å²) in [6.45, 7) is 6.42. The van der Waals surface area contributed by atoms with Crippen molar-refractivity contribution in [1.29, 1.82) is 0 Å². The maximum atomic E-state index is 5.54. The molecule has 0 unspecified atom stereocenters. The molecule has 0 aromatic carbocycles. The predicted molar refractivity (Wildman–Crippen MR) is 89.0 cm³/mol. The molecule has 0 bridgehead atoms. The van der Waals surface area contributed by atoms with Gasteiger partial charge in [0.15, 0.2) is 5.82 Å². The lowest BCUT2D eigenvalue weighted by atomic mass is 9.57. The van der Waals surface area contributed by atoms with Crippen molar-refractivity contribution in [3.05, 3.63) is 34.6 Å². The highest BCUT2D eigenvalue weighted by Crippen LogP contribution is 2.54. The van der Waals surface area contributed by atoms with Crippen molar-refractivity contribution in [2.45, 2.75) is 51.4 Å². The Morgan fingerprint density at radius 1 is 1.32 bits per heavy atom. The summed E-state index contributed by atoms with van der Waals surface area (Å²) < 4.78 is 12.9. The van der Waals surface area contributed by atoms with E-state index in [1.165, 1.54) is 11.1 Å². The molecule has 0 aliphatic heterocycles. The van der Waals surface area contributed by atoms with Gasteiger partial charge in [-0.25, -0.2) is 0 Å². The van der Waals surface area contributed by atoms with Crippen LogP contribution in [-0.2, 0) is 25.3 Å². The molecule has 0 saturated carbocycles. The summed E-state index contributed by atoms with van der Waals surface area (Å²) in [6.07, 6.45) is 4.84. The second kappa shape index (κ2) is 4.80. The van der Waals surface area contributed by atoms with Gasteiger partial charge in [0.25, 0.3) is 5.89 Å². The molecular formula is C18H21N5O2. The molecule has 0 saturated heterocycles. The third-order valence-electron chi connectivity index (χ3n) is 6.19. The van der Waals surface area contributed by atoms with Crippen LogP contribution in [0.25, 0.3) is 11.6 Å². The number of rotatable bonds is 1. The summed E-state index contributed by atoms with van der Waals surface area (Å²) in [5.41, 5.74) is 4.54. The van der Waals surface area contributed by atoms with Crippen molar-refractivity contribution in [3.63, 3.8) is 0 Å². The van der Waals surface area contributed by atoms with E-state index in [1.54, 1.807) is 0 Å². The molecule has 0 fully saturated rings. The molecule has 130 valence electrons. The van der Waals surface area contributed by atoms with Crippen LogP contribution in [0.2, 0.25) is 0 Å². The van der Waals surface area contributed by atoms with Gasteiger partial charge in [-0.2, -0.15) is 10.1 Å². The Morgan fingerprint density at radius 3 is 2.92 bits per heavy atom. The minimum Gasteiger partial charge on any atom is -0.361 e. The molecule has 3 aromatic rings. The molecule has 0 radical (unpaired) electrons. The van der Waals surface area contributed by atoms with Crippen LogP contribution in [0.3, 0.4) is 0 Å². The number of hydrogen-bond acceptors (Lipinski definition) is 6. The molecule has 0 spiro atoms. The van der Waals surface area contributed by atoms with Crippen LogP contribution in [0.4, 0.5) is 0 Å². The Bertz CT molecular complexity index is 968. The summed E-state index contributed by atoms with van der Waals surface area (Å²) in [4.78, 5) is 4.43. The van der Waals surface area contributed by atoms with Gasteiger partial charge >= 0.3 is 0 Å². The summed E-state index contributed by atoms with van der Waals surface area (Å²) in [6, 6.07) is 0. The van der Waals surface area contributed by atoms with Crippen molar-refractivity contribution < 1.29 is 9.05 Å². The molecule has 25 heavy (non-hydrogen) atoms. The summed E-state index contributed by atoms with van der Waals surface area (Å²) >= 11 is 0. The van der Waals surface area contributed by atoms with Gasteiger partial charge in [0.1, 0.15) is 11.5 Å². The number of nitrogens with zero attached hydrogens (tertiary/aromatic N) is 5. The second-order valence-corrected chi connectivity index (χ2v) is 7.69. The third-order valence-corrected chi connectivity index (χ3v) is 6.19. The Morgan fingerprint density at radius 2 is 2.16 bits per heavy atom. The van der Waals surface area contributed by atoms with Crippen LogP contribution in [-0.4, -0.2) is 25.1 Å². The fourth-order valence-corrected chi connectivity index (χ4v) is 5.09. The lowest BCUT2D eigenvalue weighted by molar-refractivity contribution is 0.172. The molecular weight excluding hydrogens is 318 g/mol. The maximum absolute atomic E-state index is 5.54. The average molecular weight is 339 g/mol. The molecule has 5 rings (SSSR count). The molecule has 2 aliphatic carbocycles. The largest absolute Gasteiger partial charge is 0.361 e. The average Bonchev–Trinajstić information content (AvgIpc) is 3.26. The van der Waals surface area contributed by atoms with E-state index in [0.717, 1.165) is 36.4 Å². The van der Waals surface area contributed by atoms with E-state index >= 15 is 0 Å². The van der Waals surface area contributed by atoms with Crippen molar-refractivity contribution in [1.82, 2.24) is 25.1 Å². The zero-order valence-electron chi connectivity index (χ0n) is 14.9. The van der Waals surface area contributed by atoms with Crippen LogP contribution >= 0.6 is 0 Å². The summed E-state index contributed by atoms with van der Waals surface area (Å²) in [5, 5.41) is 12.9. The maximum Gasteiger partial charge on any atom is 0.276 e. The van der Waals surface area contributed by atoms with E-state index in [1.807, 2.05) is 24.9 Å². The van der Waals surface area contributed by atoms with Gasteiger partial charge in [0, 0.05) is 29.5 Å². The van der Waals surface area contributed by atoms with Gasteiger partial charge < -0.3 is 9.05 Å². The zero-order valence-corrected chi connectivity index (χ0v) is 14.9. The Balaban J connectivity index is 1.69. The highest BCUT2D eigenvalue weighted by molar-refractivity contribution is 5.58. The van der Waals surface area contributed by atoms with Gasteiger partial charge in [-0.15, -0.1) is 0 Å². The van der Waals surface area contributed by atoms with Crippen LogP contribution in [0.5, 0.6) is 0 Å². The number of fused-ring (bicyclic) bond motifs is 4. The van der Waals surface area contributed by atoms with Gasteiger partial charge in [0.05, 0.1) is 11.9 Å². The molecule has 7 heteroatoms. The first-order valence-electron chi connectivity index (χ1n) is 8.79. The van der Waals surface area contributed by atoms with E-state index in [-0.39, 0.29) is 5.41 Å². The lowest BCUT2D eigenvalue weighted by Gasteiger charge is -2.46. The van der Waals surface area contributed by atoms with Crippen molar-refractivity contribution in [3.8, 4) is 11.6 Å². The van der Waals surface area contributed by atoms with Crippen LogP contribution in [0.15, 0.2) is 15.2 Å². The van der Waals surface area contributed by atoms with Crippen molar-refractivity contribution >= 4 is 0 Å². The number of aromatic nitrogens is 5. The minimum atomic E-state index is -0.0311. The van der Waals surface area contributed by atoms with Gasteiger partial charge in [-0.1, -0.05) is 24.2 Å². The smallest absolute Gasteiger partial charge is 0.276 e. The fraction of sp³-hybridized carbons (Fsp3) is 0.556. The summed E-state index contributed by atoms with van der Waals surface area (Å²) in [7, 11) is 1.96. The molecule has 3 aromatic heterocycles. The Labute approximate surface area is 145 Å². The normalized spacial score (nSPS) is 27.7. The van der Waals surface area contributed by atoms with E-state index in [0.29, 0.717) is 23.6 Å². The Kier molecular flexibility index (Phi) is 2.86. The monoisotopic (exact) mass is 339 g/mol. The van der Waals surface area contributed by atoms with E-state index < -0.39 is 0 Å². The molecule has 3 heterocycles. The van der Waals surface area contributed by atoms with Gasteiger partial charge in [-0.3, -0.25) is 4.68 Å². The van der Waals surface area contributed by atoms with Crippen LogP contribution in [0, 0.1) is 12.8 Å². The SMILES string of the molecule is Cc1noc(-c2c3c(nn2C)[C@@]2(C)Cc4cnoc4[C@@H](C)[C@@H]2CC3)n1. The second-order valence-electron chi connectivity index (χ2n) is 7.69. The zero-order chi connectivity index (χ0) is 17.3. The van der Waals surface area contributed by atoms with Crippen molar-refractivity contribution in [2.75, 3.05) is 0 Å². The van der Waals surface area contributed by atoms with Crippen molar-refractivity contribution in [2.24, 2.45) is 13.0 Å². The van der Waals surface area contributed by atoms with Crippen LogP contribution in [0.1, 0.15) is 54.6 Å². The van der Waals surface area contributed by atoms with E-state index in [4.69, 9.17) is 14.1 Å². The van der Waals surface area contributed by atoms with Gasteiger partial charge in [-0.05, 0) is 32.1 Å². The molecule has 7 nitrogen and oxygen atoms in total. The van der Waals surface area contributed by atoms with E-state index in [9.17, 15) is 0 Å². The third kappa shape index (κ3) is 1.86. The predicted octanol–water partition coefficient (Wildman–Crippen LogP) is 2.95. The molecule has 2 aliphatic rings. The minimum absolute atomic E-state index is 0.0311. The Hall–Kier alpha value is -2.44. The van der Waals surface area contributed by atoms with Crippen LogP contribution < -0.4 is 0 Å². The molecule has 0 amide bonds. The number of aryl methyl sites for hydroxylation is 2.